The molecule has 1 saturated carbocycles. The van der Waals surface area contributed by atoms with Gasteiger partial charge in [-0.05, 0) is 64.7 Å². The summed E-state index contributed by atoms with van der Waals surface area (Å²) < 4.78 is 0. The van der Waals surface area contributed by atoms with E-state index in [1.54, 1.807) is 0 Å². The van der Waals surface area contributed by atoms with Gasteiger partial charge in [-0.1, -0.05) is 19.3 Å². The number of aromatic nitrogens is 1. The molecule has 1 aromatic heterocycles. The molecular weight excluding hydrogens is 290 g/mol. The molecule has 0 atom stereocenters. The predicted octanol–water partition coefficient (Wildman–Crippen LogP) is 4.01. The first-order valence-electron chi connectivity index (χ1n) is 9.16. The SMILES string of the molecule is CNCCC1CCN(Cc2csc(C3CCCCC3)n2)CC1. The van der Waals surface area contributed by atoms with Crippen molar-refractivity contribution in [1.82, 2.24) is 15.2 Å². The summed E-state index contributed by atoms with van der Waals surface area (Å²) in [5.41, 5.74) is 1.32. The van der Waals surface area contributed by atoms with Crippen LogP contribution >= 0.6 is 11.3 Å². The molecule has 0 spiro atoms. The zero-order valence-corrected chi connectivity index (χ0v) is 14.8. The number of nitrogens with one attached hydrogen (secondary N) is 1. The number of rotatable bonds is 6. The van der Waals surface area contributed by atoms with E-state index in [9.17, 15) is 0 Å². The molecule has 0 radical (unpaired) electrons. The Morgan fingerprint density at radius 3 is 2.68 bits per heavy atom. The molecule has 0 amide bonds. The Labute approximate surface area is 139 Å². The molecule has 0 unspecified atom stereocenters. The standard InChI is InChI=1S/C18H31N3S/c1-19-10-7-15-8-11-21(12-9-15)13-17-14-22-18(20-17)16-5-3-2-4-6-16/h14-16,19H,2-13H2,1H3. The van der Waals surface area contributed by atoms with Gasteiger partial charge in [0, 0.05) is 17.8 Å². The predicted molar refractivity (Wildman–Crippen MR) is 94.5 cm³/mol. The van der Waals surface area contributed by atoms with Gasteiger partial charge in [-0.25, -0.2) is 4.98 Å². The molecule has 2 aliphatic rings. The maximum Gasteiger partial charge on any atom is 0.0959 e. The highest BCUT2D eigenvalue weighted by atomic mass is 32.1. The Hall–Kier alpha value is -0.450. The minimum atomic E-state index is 0.764. The summed E-state index contributed by atoms with van der Waals surface area (Å²) in [4.78, 5) is 7.57. The molecular formula is C18H31N3S. The van der Waals surface area contributed by atoms with E-state index in [4.69, 9.17) is 4.98 Å². The van der Waals surface area contributed by atoms with E-state index in [0.29, 0.717) is 0 Å². The van der Waals surface area contributed by atoms with Crippen LogP contribution in [-0.4, -0.2) is 36.6 Å². The number of likely N-dealkylation sites (tertiary alicyclic amines) is 1. The van der Waals surface area contributed by atoms with Crippen LogP contribution in [0.5, 0.6) is 0 Å². The summed E-state index contributed by atoms with van der Waals surface area (Å²) in [5.74, 6) is 1.69. The van der Waals surface area contributed by atoms with Crippen LogP contribution in [0.25, 0.3) is 0 Å². The molecule has 3 rings (SSSR count). The van der Waals surface area contributed by atoms with E-state index in [1.165, 1.54) is 81.7 Å². The first-order valence-corrected chi connectivity index (χ1v) is 10.0. The third-order valence-corrected chi connectivity index (χ3v) is 6.48. The summed E-state index contributed by atoms with van der Waals surface area (Å²) in [5, 5.41) is 7.01. The van der Waals surface area contributed by atoms with Gasteiger partial charge < -0.3 is 5.32 Å². The van der Waals surface area contributed by atoms with Crippen molar-refractivity contribution in [2.24, 2.45) is 5.92 Å². The molecule has 1 N–H and O–H groups in total. The first-order chi connectivity index (χ1) is 10.8. The third kappa shape index (κ3) is 4.53. The summed E-state index contributed by atoms with van der Waals surface area (Å²) in [6.45, 7) is 4.75. The van der Waals surface area contributed by atoms with Gasteiger partial charge in [-0.3, -0.25) is 4.90 Å². The topological polar surface area (TPSA) is 28.2 Å². The van der Waals surface area contributed by atoms with Crippen LogP contribution < -0.4 is 5.32 Å². The lowest BCUT2D eigenvalue weighted by atomic mass is 9.90. The molecule has 2 fully saturated rings. The van der Waals surface area contributed by atoms with Crippen molar-refractivity contribution in [3.8, 4) is 0 Å². The van der Waals surface area contributed by atoms with Crippen molar-refractivity contribution in [3.63, 3.8) is 0 Å². The van der Waals surface area contributed by atoms with Crippen LogP contribution in [0.4, 0.5) is 0 Å². The Morgan fingerprint density at radius 1 is 1.18 bits per heavy atom. The maximum atomic E-state index is 4.96. The zero-order valence-electron chi connectivity index (χ0n) is 14.0. The Balaban J connectivity index is 1.45. The Bertz CT molecular complexity index is 431. The largest absolute Gasteiger partial charge is 0.320 e. The van der Waals surface area contributed by atoms with Gasteiger partial charge in [0.1, 0.15) is 0 Å². The molecule has 3 nitrogen and oxygen atoms in total. The van der Waals surface area contributed by atoms with Crippen molar-refractivity contribution in [2.45, 2.75) is 63.8 Å². The highest BCUT2D eigenvalue weighted by Crippen LogP contribution is 2.34. The van der Waals surface area contributed by atoms with Gasteiger partial charge in [0.05, 0.1) is 10.7 Å². The molecule has 0 bridgehead atoms. The van der Waals surface area contributed by atoms with Gasteiger partial charge >= 0.3 is 0 Å². The molecule has 0 aromatic carbocycles. The number of piperidine rings is 1. The fourth-order valence-electron chi connectivity index (χ4n) is 3.94. The van der Waals surface area contributed by atoms with E-state index in [2.05, 4.69) is 22.6 Å². The minimum absolute atomic E-state index is 0.764. The fourth-order valence-corrected chi connectivity index (χ4v) is 4.93. The fraction of sp³-hybridized carbons (Fsp3) is 0.833. The van der Waals surface area contributed by atoms with Crippen LogP contribution in [0.15, 0.2) is 5.38 Å². The van der Waals surface area contributed by atoms with Gasteiger partial charge in [-0.15, -0.1) is 11.3 Å². The number of hydrogen-bond acceptors (Lipinski definition) is 4. The summed E-state index contributed by atoms with van der Waals surface area (Å²) in [7, 11) is 2.06. The molecule has 1 aliphatic heterocycles. The lowest BCUT2D eigenvalue weighted by Crippen LogP contribution is -2.34. The Morgan fingerprint density at radius 2 is 1.95 bits per heavy atom. The van der Waals surface area contributed by atoms with E-state index in [1.807, 2.05) is 11.3 Å². The van der Waals surface area contributed by atoms with Crippen molar-refractivity contribution in [3.05, 3.63) is 16.1 Å². The van der Waals surface area contributed by atoms with Crippen LogP contribution in [-0.2, 0) is 6.54 Å². The van der Waals surface area contributed by atoms with Crippen LogP contribution in [0, 0.1) is 5.92 Å². The highest BCUT2D eigenvalue weighted by Gasteiger charge is 2.21. The second-order valence-electron chi connectivity index (χ2n) is 7.12. The molecule has 4 heteroatoms. The number of nitrogens with zero attached hydrogens (tertiary/aromatic N) is 2. The van der Waals surface area contributed by atoms with Crippen LogP contribution in [0.1, 0.15) is 68.0 Å². The van der Waals surface area contributed by atoms with Crippen LogP contribution in [0.2, 0.25) is 0 Å². The van der Waals surface area contributed by atoms with Gasteiger partial charge in [0.2, 0.25) is 0 Å². The van der Waals surface area contributed by atoms with Gasteiger partial charge in [0.15, 0.2) is 0 Å². The average molecular weight is 322 g/mol. The van der Waals surface area contributed by atoms with Crippen molar-refractivity contribution < 1.29 is 0 Å². The van der Waals surface area contributed by atoms with Crippen LogP contribution in [0.3, 0.4) is 0 Å². The second kappa shape index (κ2) is 8.42. The van der Waals surface area contributed by atoms with Crippen molar-refractivity contribution >= 4 is 11.3 Å². The lowest BCUT2D eigenvalue weighted by Gasteiger charge is -2.31. The average Bonchev–Trinajstić information content (AvgIpc) is 3.04. The monoisotopic (exact) mass is 321 g/mol. The van der Waals surface area contributed by atoms with Crippen molar-refractivity contribution in [2.75, 3.05) is 26.7 Å². The normalized spacial score (nSPS) is 22.2. The molecule has 124 valence electrons. The number of thiazole rings is 1. The van der Waals surface area contributed by atoms with Gasteiger partial charge in [0.25, 0.3) is 0 Å². The van der Waals surface area contributed by atoms with E-state index >= 15 is 0 Å². The summed E-state index contributed by atoms with van der Waals surface area (Å²) >= 11 is 1.91. The lowest BCUT2D eigenvalue weighted by molar-refractivity contribution is 0.171. The third-order valence-electron chi connectivity index (χ3n) is 5.42. The second-order valence-corrected chi connectivity index (χ2v) is 8.01. The quantitative estimate of drug-likeness (QED) is 0.858. The zero-order chi connectivity index (χ0) is 15.2. The van der Waals surface area contributed by atoms with Crippen molar-refractivity contribution in [1.29, 1.82) is 0 Å². The minimum Gasteiger partial charge on any atom is -0.320 e. The first kappa shape index (κ1) is 16.4. The van der Waals surface area contributed by atoms with Gasteiger partial charge in [-0.2, -0.15) is 0 Å². The maximum absolute atomic E-state index is 4.96. The molecule has 1 aliphatic carbocycles. The Kier molecular flexibility index (Phi) is 6.28. The summed E-state index contributed by atoms with van der Waals surface area (Å²) in [6.07, 6.45) is 11.0. The molecule has 22 heavy (non-hydrogen) atoms. The summed E-state index contributed by atoms with van der Waals surface area (Å²) in [6, 6.07) is 0. The van der Waals surface area contributed by atoms with E-state index in [-0.39, 0.29) is 0 Å². The molecule has 1 aromatic rings. The molecule has 2 heterocycles. The smallest absolute Gasteiger partial charge is 0.0959 e. The highest BCUT2D eigenvalue weighted by molar-refractivity contribution is 7.09. The molecule has 1 saturated heterocycles. The van der Waals surface area contributed by atoms with E-state index < -0.39 is 0 Å². The van der Waals surface area contributed by atoms with E-state index in [0.717, 1.165) is 18.4 Å². The number of hydrogen-bond donors (Lipinski definition) is 1.